The highest BCUT2D eigenvalue weighted by atomic mass is 19.4. The molecule has 10 heteroatoms. The number of nitrogens with one attached hydrogen (secondary N) is 1. The highest BCUT2D eigenvalue weighted by molar-refractivity contribution is 5.62. The fourth-order valence-electron chi connectivity index (χ4n) is 1.73. The third-order valence-corrected chi connectivity index (χ3v) is 2.91. The van der Waals surface area contributed by atoms with Gasteiger partial charge in [0.2, 0.25) is 11.8 Å². The first-order valence-electron chi connectivity index (χ1n) is 5.30. The third-order valence-electron chi connectivity index (χ3n) is 2.91. The molecular weight excluding hydrogens is 267 g/mol. The number of alkyl halides is 3. The van der Waals surface area contributed by atoms with Crippen molar-refractivity contribution < 1.29 is 18.1 Å². The van der Waals surface area contributed by atoms with Crippen molar-refractivity contribution in [2.24, 2.45) is 0 Å². The Labute approximate surface area is 105 Å². The van der Waals surface area contributed by atoms with E-state index in [4.69, 9.17) is 5.73 Å². The first kappa shape index (κ1) is 13.3. The lowest BCUT2D eigenvalue weighted by Crippen LogP contribution is -2.39. The van der Waals surface area contributed by atoms with Gasteiger partial charge >= 0.3 is 11.9 Å². The molecule has 1 saturated carbocycles. The second-order valence-corrected chi connectivity index (χ2v) is 4.33. The second kappa shape index (κ2) is 3.93. The van der Waals surface area contributed by atoms with Crippen molar-refractivity contribution in [2.45, 2.75) is 31.5 Å². The molecule has 0 saturated heterocycles. The first-order valence-corrected chi connectivity index (χ1v) is 5.30. The van der Waals surface area contributed by atoms with Crippen LogP contribution in [-0.2, 0) is 0 Å². The summed E-state index contributed by atoms with van der Waals surface area (Å²) >= 11 is 0. The van der Waals surface area contributed by atoms with Gasteiger partial charge in [0.05, 0.1) is 4.92 Å². The average molecular weight is 277 g/mol. The van der Waals surface area contributed by atoms with Crippen molar-refractivity contribution in [3.8, 4) is 0 Å². The van der Waals surface area contributed by atoms with Gasteiger partial charge in [0.15, 0.2) is 0 Å². The van der Waals surface area contributed by atoms with Gasteiger partial charge in [0, 0.05) is 0 Å². The molecule has 0 aromatic carbocycles. The maximum Gasteiger partial charge on any atom is 0.411 e. The van der Waals surface area contributed by atoms with Crippen molar-refractivity contribution in [1.82, 2.24) is 9.97 Å². The van der Waals surface area contributed by atoms with Crippen LogP contribution in [0.25, 0.3) is 0 Å². The van der Waals surface area contributed by atoms with Crippen LogP contribution in [-0.4, -0.2) is 26.6 Å². The zero-order valence-corrected chi connectivity index (χ0v) is 9.78. The van der Waals surface area contributed by atoms with Crippen LogP contribution in [0.4, 0.5) is 30.6 Å². The van der Waals surface area contributed by atoms with Gasteiger partial charge in [-0.2, -0.15) is 18.2 Å². The number of nitro groups is 1. The lowest BCUT2D eigenvalue weighted by atomic mass is 10.2. The Kier molecular flexibility index (Phi) is 2.75. The Morgan fingerprint density at radius 1 is 1.42 bits per heavy atom. The lowest BCUT2D eigenvalue weighted by molar-refractivity contribution is -0.385. The first-order chi connectivity index (χ1) is 8.66. The van der Waals surface area contributed by atoms with Crippen molar-refractivity contribution >= 4 is 17.5 Å². The molecular formula is C9H10F3N5O2. The highest BCUT2D eigenvalue weighted by Gasteiger charge is 2.64. The van der Waals surface area contributed by atoms with Crippen LogP contribution in [0.15, 0.2) is 0 Å². The Morgan fingerprint density at radius 2 is 2.00 bits per heavy atom. The minimum atomic E-state index is -4.51. The van der Waals surface area contributed by atoms with Gasteiger partial charge in [-0.25, -0.2) is 4.98 Å². The maximum absolute atomic E-state index is 12.8. The summed E-state index contributed by atoms with van der Waals surface area (Å²) in [5.41, 5.74) is 2.48. The van der Waals surface area contributed by atoms with Crippen LogP contribution in [0.2, 0.25) is 0 Å². The predicted octanol–water partition coefficient (Wildman–Crippen LogP) is 1.78. The van der Waals surface area contributed by atoms with Crippen LogP contribution in [0.1, 0.15) is 18.5 Å². The SMILES string of the molecule is Cc1nc(N)nc(NC2(C(F)(F)F)CC2)c1[N+](=O)[O-]. The summed E-state index contributed by atoms with van der Waals surface area (Å²) < 4.78 is 38.4. The summed E-state index contributed by atoms with van der Waals surface area (Å²) in [5.74, 6) is -0.812. The molecule has 0 spiro atoms. The Hall–Kier alpha value is -2.13. The van der Waals surface area contributed by atoms with E-state index in [9.17, 15) is 23.3 Å². The average Bonchev–Trinajstić information content (AvgIpc) is 2.95. The Bertz CT molecular complexity index is 541. The minimum absolute atomic E-state index is 0.0852. The van der Waals surface area contributed by atoms with Gasteiger partial charge in [0.1, 0.15) is 11.2 Å². The van der Waals surface area contributed by atoms with Gasteiger partial charge in [0.25, 0.3) is 0 Å². The molecule has 1 aliphatic carbocycles. The van der Waals surface area contributed by atoms with Crippen molar-refractivity contribution in [2.75, 3.05) is 11.1 Å². The molecule has 3 N–H and O–H groups in total. The molecule has 0 unspecified atom stereocenters. The number of hydrogen-bond acceptors (Lipinski definition) is 6. The Balaban J connectivity index is 2.43. The summed E-state index contributed by atoms with van der Waals surface area (Å²) in [5, 5.41) is 13.0. The molecule has 1 aromatic heterocycles. The molecule has 1 aromatic rings. The summed E-state index contributed by atoms with van der Waals surface area (Å²) in [6.07, 6.45) is -4.82. The summed E-state index contributed by atoms with van der Waals surface area (Å²) in [6, 6.07) is 0. The van der Waals surface area contributed by atoms with E-state index in [-0.39, 0.29) is 24.5 Å². The van der Waals surface area contributed by atoms with Gasteiger partial charge in [-0.05, 0) is 19.8 Å². The standard InChI is InChI=1S/C9H10F3N5O2/c1-4-5(17(18)19)6(15-7(13)14-4)16-8(2-3-8)9(10,11)12/h2-3H2,1H3,(H3,13,14,15,16). The van der Waals surface area contributed by atoms with E-state index in [0.717, 1.165) is 0 Å². The lowest BCUT2D eigenvalue weighted by Gasteiger charge is -2.21. The number of anilines is 2. The van der Waals surface area contributed by atoms with E-state index in [0.29, 0.717) is 0 Å². The number of nitrogen functional groups attached to an aromatic ring is 1. The minimum Gasteiger partial charge on any atom is -0.368 e. The van der Waals surface area contributed by atoms with Crippen LogP contribution in [0.5, 0.6) is 0 Å². The van der Waals surface area contributed by atoms with E-state index in [2.05, 4.69) is 15.3 Å². The number of aryl methyl sites for hydroxylation is 1. The molecule has 1 fully saturated rings. The molecule has 0 amide bonds. The zero-order valence-electron chi connectivity index (χ0n) is 9.78. The smallest absolute Gasteiger partial charge is 0.368 e. The van der Waals surface area contributed by atoms with E-state index < -0.39 is 28.1 Å². The predicted molar refractivity (Wildman–Crippen MR) is 59.5 cm³/mol. The van der Waals surface area contributed by atoms with Gasteiger partial charge in [-0.3, -0.25) is 10.1 Å². The van der Waals surface area contributed by atoms with Crippen LogP contribution < -0.4 is 11.1 Å². The number of aromatic nitrogens is 2. The topological polar surface area (TPSA) is 107 Å². The Morgan fingerprint density at radius 3 is 2.42 bits per heavy atom. The third kappa shape index (κ3) is 2.25. The zero-order chi connectivity index (χ0) is 14.4. The molecule has 0 radical (unpaired) electrons. The monoisotopic (exact) mass is 277 g/mol. The molecule has 104 valence electrons. The van der Waals surface area contributed by atoms with Crippen LogP contribution >= 0.6 is 0 Å². The van der Waals surface area contributed by atoms with Gasteiger partial charge in [-0.15, -0.1) is 0 Å². The van der Waals surface area contributed by atoms with E-state index in [1.54, 1.807) is 0 Å². The number of halogens is 3. The molecule has 1 aliphatic rings. The van der Waals surface area contributed by atoms with E-state index >= 15 is 0 Å². The fraction of sp³-hybridized carbons (Fsp3) is 0.556. The van der Waals surface area contributed by atoms with Crippen molar-refractivity contribution in [3.05, 3.63) is 15.8 Å². The number of nitrogens with two attached hydrogens (primary N) is 1. The normalized spacial score (nSPS) is 17.1. The molecule has 0 bridgehead atoms. The van der Waals surface area contributed by atoms with E-state index in [1.165, 1.54) is 6.92 Å². The number of hydrogen-bond donors (Lipinski definition) is 2. The maximum atomic E-state index is 12.8. The van der Waals surface area contributed by atoms with Gasteiger partial charge in [-0.1, -0.05) is 0 Å². The quantitative estimate of drug-likeness (QED) is 0.644. The van der Waals surface area contributed by atoms with Crippen LogP contribution in [0, 0.1) is 17.0 Å². The highest BCUT2D eigenvalue weighted by Crippen LogP contribution is 2.51. The largest absolute Gasteiger partial charge is 0.411 e. The fourth-order valence-corrected chi connectivity index (χ4v) is 1.73. The number of nitrogens with zero attached hydrogens (tertiary/aromatic N) is 3. The molecule has 0 atom stereocenters. The number of rotatable bonds is 3. The van der Waals surface area contributed by atoms with Gasteiger partial charge < -0.3 is 11.1 Å². The summed E-state index contributed by atoms with van der Waals surface area (Å²) in [6.45, 7) is 1.29. The second-order valence-electron chi connectivity index (χ2n) is 4.33. The van der Waals surface area contributed by atoms with Crippen molar-refractivity contribution in [1.29, 1.82) is 0 Å². The molecule has 0 aliphatic heterocycles. The van der Waals surface area contributed by atoms with E-state index in [1.807, 2.05) is 0 Å². The van der Waals surface area contributed by atoms with Crippen molar-refractivity contribution in [3.63, 3.8) is 0 Å². The molecule has 19 heavy (non-hydrogen) atoms. The molecule has 2 rings (SSSR count). The molecule has 7 nitrogen and oxygen atoms in total. The molecule has 1 heterocycles. The van der Waals surface area contributed by atoms with Crippen LogP contribution in [0.3, 0.4) is 0 Å². The summed E-state index contributed by atoms with van der Waals surface area (Å²) in [4.78, 5) is 17.1. The summed E-state index contributed by atoms with van der Waals surface area (Å²) in [7, 11) is 0.